The Kier molecular flexibility index (Phi) is 2.26. The number of nitrogens with zero attached hydrogens (tertiary/aromatic N) is 2. The average Bonchev–Trinajstić information content (AvgIpc) is 2.89. The van der Waals surface area contributed by atoms with Crippen molar-refractivity contribution < 1.29 is 4.79 Å². The second-order valence-corrected chi connectivity index (χ2v) is 4.75. The fraction of sp³-hybridized carbons (Fsp3) is 0.0833. The van der Waals surface area contributed by atoms with E-state index in [1.807, 2.05) is 18.2 Å². The molecule has 0 aliphatic carbocycles. The highest BCUT2D eigenvalue weighted by atomic mass is 32.1. The first-order valence-corrected chi connectivity index (χ1v) is 5.96. The second-order valence-electron chi connectivity index (χ2n) is 3.72. The number of hydrogen-bond acceptors (Lipinski definition) is 4. The Hall–Kier alpha value is -2.01. The molecule has 0 aliphatic heterocycles. The molecule has 0 aromatic carbocycles. The summed E-state index contributed by atoms with van der Waals surface area (Å²) in [7, 11) is 0. The van der Waals surface area contributed by atoms with Crippen LogP contribution in [0.2, 0.25) is 0 Å². The van der Waals surface area contributed by atoms with Crippen molar-refractivity contribution in [2.45, 2.75) is 6.92 Å². The molecule has 0 amide bonds. The molecule has 5 heteroatoms. The van der Waals surface area contributed by atoms with Crippen molar-refractivity contribution in [2.75, 3.05) is 0 Å². The molecule has 17 heavy (non-hydrogen) atoms. The molecule has 3 aromatic rings. The molecular weight excluding hydrogens is 234 g/mol. The molecule has 4 nitrogen and oxygen atoms in total. The molecule has 3 rings (SSSR count). The maximum atomic E-state index is 11.3. The number of hydrogen-bond donors (Lipinski definition) is 1. The van der Waals surface area contributed by atoms with E-state index in [0.717, 1.165) is 26.4 Å². The van der Waals surface area contributed by atoms with E-state index in [2.05, 4.69) is 15.2 Å². The maximum Gasteiger partial charge on any atom is 0.169 e. The van der Waals surface area contributed by atoms with E-state index in [9.17, 15) is 4.79 Å². The van der Waals surface area contributed by atoms with Crippen LogP contribution in [-0.2, 0) is 0 Å². The van der Waals surface area contributed by atoms with Gasteiger partial charge in [0.15, 0.2) is 5.78 Å². The fourth-order valence-corrected chi connectivity index (χ4v) is 2.61. The van der Waals surface area contributed by atoms with Gasteiger partial charge in [-0.25, -0.2) is 0 Å². The maximum absolute atomic E-state index is 11.3. The van der Waals surface area contributed by atoms with Gasteiger partial charge in [-0.2, -0.15) is 5.10 Å². The van der Waals surface area contributed by atoms with Crippen LogP contribution in [0, 0.1) is 0 Å². The zero-order valence-corrected chi connectivity index (χ0v) is 9.91. The Morgan fingerprint density at radius 1 is 1.35 bits per heavy atom. The third kappa shape index (κ3) is 1.64. The number of aromatic amines is 1. The molecule has 3 heterocycles. The molecule has 0 unspecified atom stereocenters. The lowest BCUT2D eigenvalue weighted by atomic mass is 10.1. The Morgan fingerprint density at radius 3 is 2.82 bits per heavy atom. The summed E-state index contributed by atoms with van der Waals surface area (Å²) in [6.07, 6.45) is 3.47. The predicted molar refractivity (Wildman–Crippen MR) is 67.2 cm³/mol. The molecule has 0 atom stereocenters. The quantitative estimate of drug-likeness (QED) is 0.704. The van der Waals surface area contributed by atoms with Gasteiger partial charge >= 0.3 is 0 Å². The van der Waals surface area contributed by atoms with Crippen LogP contribution >= 0.6 is 11.3 Å². The first-order chi connectivity index (χ1) is 8.25. The molecular formula is C12H9N3OS. The Bertz CT molecular complexity index is 684. The summed E-state index contributed by atoms with van der Waals surface area (Å²) >= 11 is 1.41. The molecule has 0 bridgehead atoms. The SMILES string of the molecule is CC(=O)c1cc2c(-c3ccncc3)[nH]nc2s1. The molecule has 3 aromatic heterocycles. The van der Waals surface area contributed by atoms with E-state index in [0.29, 0.717) is 0 Å². The van der Waals surface area contributed by atoms with Gasteiger partial charge in [-0.1, -0.05) is 0 Å². The van der Waals surface area contributed by atoms with E-state index < -0.39 is 0 Å². The molecule has 84 valence electrons. The molecule has 0 fully saturated rings. The van der Waals surface area contributed by atoms with Crippen molar-refractivity contribution in [1.82, 2.24) is 15.2 Å². The zero-order chi connectivity index (χ0) is 11.8. The standard InChI is InChI=1S/C12H9N3OS/c1-7(16)10-6-9-11(14-15-12(9)17-10)8-2-4-13-5-3-8/h2-6H,1H3,(H,14,15). The predicted octanol–water partition coefficient (Wildman–Crippen LogP) is 2.89. The van der Waals surface area contributed by atoms with Gasteiger partial charge in [-0.05, 0) is 25.1 Å². The van der Waals surface area contributed by atoms with Crippen molar-refractivity contribution in [3.05, 3.63) is 35.5 Å². The Morgan fingerprint density at radius 2 is 2.12 bits per heavy atom. The van der Waals surface area contributed by atoms with Gasteiger partial charge in [-0.3, -0.25) is 14.9 Å². The van der Waals surface area contributed by atoms with Gasteiger partial charge in [0.05, 0.1) is 10.6 Å². The van der Waals surface area contributed by atoms with Crippen LogP contribution in [0.4, 0.5) is 0 Å². The summed E-state index contributed by atoms with van der Waals surface area (Å²) in [4.78, 5) is 16.9. The van der Waals surface area contributed by atoms with Crippen LogP contribution in [0.1, 0.15) is 16.6 Å². The largest absolute Gasteiger partial charge is 0.294 e. The van der Waals surface area contributed by atoms with Crippen molar-refractivity contribution in [2.24, 2.45) is 0 Å². The molecule has 0 saturated carbocycles. The van der Waals surface area contributed by atoms with E-state index in [4.69, 9.17) is 0 Å². The minimum Gasteiger partial charge on any atom is -0.294 e. The van der Waals surface area contributed by atoms with Crippen LogP contribution in [0.15, 0.2) is 30.6 Å². The normalized spacial score (nSPS) is 10.9. The minimum absolute atomic E-state index is 0.0775. The van der Waals surface area contributed by atoms with Gasteiger partial charge in [0.2, 0.25) is 0 Å². The summed E-state index contributed by atoms with van der Waals surface area (Å²) in [5.41, 5.74) is 1.96. The van der Waals surface area contributed by atoms with Crippen LogP contribution in [0.25, 0.3) is 21.5 Å². The first-order valence-electron chi connectivity index (χ1n) is 5.15. The number of H-pyrrole nitrogens is 1. The number of nitrogens with one attached hydrogen (secondary N) is 1. The summed E-state index contributed by atoms with van der Waals surface area (Å²) in [6.45, 7) is 1.57. The molecule has 0 aliphatic rings. The van der Waals surface area contributed by atoms with Gasteiger partial charge in [0.25, 0.3) is 0 Å². The summed E-state index contributed by atoms with van der Waals surface area (Å²) < 4.78 is 0. The lowest BCUT2D eigenvalue weighted by Gasteiger charge is -1.95. The third-order valence-corrected chi connectivity index (χ3v) is 3.70. The Balaban J connectivity index is 2.21. The summed E-state index contributed by atoms with van der Waals surface area (Å²) in [5, 5.41) is 8.21. The lowest BCUT2D eigenvalue weighted by molar-refractivity contribution is 0.102. The highest BCUT2D eigenvalue weighted by Crippen LogP contribution is 2.31. The second kappa shape index (κ2) is 3.78. The molecule has 0 saturated heterocycles. The van der Waals surface area contributed by atoms with Crippen molar-refractivity contribution in [1.29, 1.82) is 0 Å². The van der Waals surface area contributed by atoms with Crippen molar-refractivity contribution >= 4 is 27.3 Å². The molecule has 1 N–H and O–H groups in total. The third-order valence-electron chi connectivity index (χ3n) is 2.57. The molecule has 0 spiro atoms. The van der Waals surface area contributed by atoms with Crippen LogP contribution < -0.4 is 0 Å². The number of thiophene rings is 1. The summed E-state index contributed by atoms with van der Waals surface area (Å²) in [6, 6.07) is 5.72. The number of Topliss-reactive ketones (excluding diaryl/α,β-unsaturated/α-hetero) is 1. The van der Waals surface area contributed by atoms with Gasteiger partial charge in [0, 0.05) is 23.3 Å². The number of pyridine rings is 1. The van der Waals surface area contributed by atoms with E-state index >= 15 is 0 Å². The fourth-order valence-electron chi connectivity index (χ4n) is 1.72. The Labute approximate surface area is 101 Å². The van der Waals surface area contributed by atoms with Crippen LogP contribution in [0.3, 0.4) is 0 Å². The smallest absolute Gasteiger partial charge is 0.169 e. The van der Waals surface area contributed by atoms with E-state index in [1.54, 1.807) is 19.3 Å². The van der Waals surface area contributed by atoms with E-state index in [-0.39, 0.29) is 5.78 Å². The monoisotopic (exact) mass is 243 g/mol. The number of ketones is 1. The average molecular weight is 243 g/mol. The molecule has 0 radical (unpaired) electrons. The van der Waals surface area contributed by atoms with Gasteiger partial charge in [0.1, 0.15) is 4.83 Å². The topological polar surface area (TPSA) is 58.6 Å². The minimum atomic E-state index is 0.0775. The number of fused-ring (bicyclic) bond motifs is 1. The number of aromatic nitrogens is 3. The van der Waals surface area contributed by atoms with Crippen molar-refractivity contribution in [3.8, 4) is 11.3 Å². The van der Waals surface area contributed by atoms with E-state index in [1.165, 1.54) is 11.3 Å². The van der Waals surface area contributed by atoms with Gasteiger partial charge < -0.3 is 0 Å². The number of rotatable bonds is 2. The zero-order valence-electron chi connectivity index (χ0n) is 9.10. The van der Waals surface area contributed by atoms with Crippen molar-refractivity contribution in [3.63, 3.8) is 0 Å². The highest BCUT2D eigenvalue weighted by molar-refractivity contribution is 7.20. The highest BCUT2D eigenvalue weighted by Gasteiger charge is 2.13. The number of carbonyl (C=O) groups is 1. The van der Waals surface area contributed by atoms with Crippen LogP contribution in [0.5, 0.6) is 0 Å². The lowest BCUT2D eigenvalue weighted by Crippen LogP contribution is -1.85. The van der Waals surface area contributed by atoms with Crippen LogP contribution in [-0.4, -0.2) is 21.0 Å². The van der Waals surface area contributed by atoms with Gasteiger partial charge in [-0.15, -0.1) is 11.3 Å². The first kappa shape index (κ1) is 10.2. The number of carbonyl (C=O) groups excluding carboxylic acids is 1. The summed E-state index contributed by atoms with van der Waals surface area (Å²) in [5.74, 6) is 0.0775.